The first-order chi connectivity index (χ1) is 10.2. The third-order valence-electron chi connectivity index (χ3n) is 3.82. The molecular formula is C14H16N2O4S. The van der Waals surface area contributed by atoms with Gasteiger partial charge in [-0.15, -0.1) is 0 Å². The van der Waals surface area contributed by atoms with Crippen molar-refractivity contribution in [1.29, 1.82) is 0 Å². The number of hydrogen-bond donors (Lipinski definition) is 1. The normalized spacial score (nSPS) is 25.2. The quantitative estimate of drug-likeness (QED) is 0.882. The van der Waals surface area contributed by atoms with Crippen LogP contribution in [0, 0.1) is 0 Å². The molecule has 1 amide bonds. The Labute approximate surface area is 126 Å². The number of pyridine rings is 1. The Hall–Kier alpha value is -1.60. The predicted octanol–water partition coefficient (Wildman–Crippen LogP) is 1.13. The second-order valence-electron chi connectivity index (χ2n) is 5.08. The number of hydrogen-bond acceptors (Lipinski definition) is 5. The summed E-state index contributed by atoms with van der Waals surface area (Å²) < 4.78 is 5.48. The number of aromatic nitrogens is 1. The molecule has 2 atom stereocenters. The minimum Gasteiger partial charge on any atom is -0.477 e. The molecule has 0 bridgehead atoms. The van der Waals surface area contributed by atoms with E-state index in [0.29, 0.717) is 30.6 Å². The molecular weight excluding hydrogens is 292 g/mol. The summed E-state index contributed by atoms with van der Waals surface area (Å²) in [5.41, 5.74) is 0.391. The molecule has 112 valence electrons. The van der Waals surface area contributed by atoms with Crippen molar-refractivity contribution < 1.29 is 19.4 Å². The number of amides is 1. The molecule has 1 aromatic heterocycles. The first-order valence-corrected chi connectivity index (χ1v) is 7.91. The van der Waals surface area contributed by atoms with E-state index in [0.717, 1.165) is 12.2 Å². The zero-order valence-corrected chi connectivity index (χ0v) is 12.2. The van der Waals surface area contributed by atoms with Gasteiger partial charge in [0.1, 0.15) is 5.69 Å². The predicted molar refractivity (Wildman–Crippen MR) is 77.7 cm³/mol. The number of thioether (sulfide) groups is 1. The van der Waals surface area contributed by atoms with E-state index >= 15 is 0 Å². The van der Waals surface area contributed by atoms with Gasteiger partial charge in [-0.3, -0.25) is 4.79 Å². The van der Waals surface area contributed by atoms with E-state index in [-0.39, 0.29) is 17.6 Å². The van der Waals surface area contributed by atoms with Crippen LogP contribution >= 0.6 is 11.8 Å². The molecule has 0 saturated carbocycles. The van der Waals surface area contributed by atoms with Gasteiger partial charge < -0.3 is 14.7 Å². The van der Waals surface area contributed by atoms with E-state index in [2.05, 4.69) is 4.98 Å². The van der Waals surface area contributed by atoms with Gasteiger partial charge in [-0.05, 0) is 18.6 Å². The molecule has 3 rings (SSSR count). The van der Waals surface area contributed by atoms with Crippen LogP contribution in [0.5, 0.6) is 0 Å². The fourth-order valence-electron chi connectivity index (χ4n) is 2.75. The van der Waals surface area contributed by atoms with Gasteiger partial charge in [-0.1, -0.05) is 0 Å². The van der Waals surface area contributed by atoms with E-state index in [9.17, 15) is 9.59 Å². The summed E-state index contributed by atoms with van der Waals surface area (Å²) in [6.07, 6.45) is 2.20. The third kappa shape index (κ3) is 2.89. The maximum atomic E-state index is 12.6. The highest BCUT2D eigenvalue weighted by Gasteiger charge is 2.37. The Morgan fingerprint density at radius 3 is 3.00 bits per heavy atom. The molecule has 2 saturated heterocycles. The van der Waals surface area contributed by atoms with Crippen LogP contribution in [0.3, 0.4) is 0 Å². The third-order valence-corrected chi connectivity index (χ3v) is 5.12. The van der Waals surface area contributed by atoms with Crippen molar-refractivity contribution in [1.82, 2.24) is 9.88 Å². The number of rotatable bonds is 2. The largest absolute Gasteiger partial charge is 0.477 e. The van der Waals surface area contributed by atoms with Crippen molar-refractivity contribution in [3.8, 4) is 0 Å². The summed E-state index contributed by atoms with van der Waals surface area (Å²) in [6.45, 7) is 2.09. The topological polar surface area (TPSA) is 79.7 Å². The van der Waals surface area contributed by atoms with Gasteiger partial charge in [0.15, 0.2) is 0 Å². The Morgan fingerprint density at radius 2 is 2.29 bits per heavy atom. The first kappa shape index (κ1) is 14.3. The number of aromatic carboxylic acids is 1. The van der Waals surface area contributed by atoms with E-state index < -0.39 is 5.97 Å². The first-order valence-electron chi connectivity index (χ1n) is 6.86. The summed E-state index contributed by atoms with van der Waals surface area (Å²) in [4.78, 5) is 29.1. The van der Waals surface area contributed by atoms with Gasteiger partial charge in [-0.25, -0.2) is 9.78 Å². The molecule has 2 aliphatic heterocycles. The Morgan fingerprint density at radius 1 is 1.43 bits per heavy atom. The molecule has 0 aliphatic carbocycles. The van der Waals surface area contributed by atoms with Crippen LogP contribution in [0.4, 0.5) is 0 Å². The lowest BCUT2D eigenvalue weighted by Crippen LogP contribution is -2.54. The monoisotopic (exact) mass is 308 g/mol. The lowest BCUT2D eigenvalue weighted by atomic mass is 10.0. The number of ether oxygens (including phenoxy) is 1. The van der Waals surface area contributed by atoms with Gasteiger partial charge in [0.2, 0.25) is 0 Å². The number of carbonyl (C=O) groups is 2. The summed E-state index contributed by atoms with van der Waals surface area (Å²) in [7, 11) is 0. The summed E-state index contributed by atoms with van der Waals surface area (Å²) in [5, 5.41) is 9.18. The second-order valence-corrected chi connectivity index (χ2v) is 6.42. The lowest BCUT2D eigenvalue weighted by molar-refractivity contribution is 0.0318. The number of carboxylic acids is 1. The maximum Gasteiger partial charge on any atom is 0.354 e. The zero-order chi connectivity index (χ0) is 14.8. The molecule has 1 aromatic rings. The van der Waals surface area contributed by atoms with E-state index in [1.165, 1.54) is 18.3 Å². The summed E-state index contributed by atoms with van der Waals surface area (Å²) in [6, 6.07) is 3.11. The molecule has 0 aromatic carbocycles. The molecule has 2 fully saturated rings. The minimum absolute atomic E-state index is 0.0512. The molecule has 3 heterocycles. The fourth-order valence-corrected chi connectivity index (χ4v) is 4.05. The maximum absolute atomic E-state index is 12.6. The van der Waals surface area contributed by atoms with Crippen molar-refractivity contribution in [2.75, 3.05) is 25.5 Å². The summed E-state index contributed by atoms with van der Waals surface area (Å²) in [5.74, 6) is -0.263. The number of fused-ring (bicyclic) bond motifs is 1. The number of carboxylic acid groups (broad SMARTS) is 1. The fraction of sp³-hybridized carbons (Fsp3) is 0.500. The summed E-state index contributed by atoms with van der Waals surface area (Å²) >= 11 is 1.86. The minimum atomic E-state index is -1.09. The standard InChI is InChI=1S/C14H16N2O4S/c17-13(9-1-2-10(14(18)19)15-7-9)16-4-6-21-12-8-20-5-3-11(12)16/h1-2,7,11-12H,3-6,8H2,(H,18,19). The Balaban J connectivity index is 1.78. The molecule has 2 unspecified atom stereocenters. The van der Waals surface area contributed by atoms with Crippen molar-refractivity contribution in [3.05, 3.63) is 29.6 Å². The number of carbonyl (C=O) groups excluding carboxylic acids is 1. The van der Waals surface area contributed by atoms with Crippen molar-refractivity contribution >= 4 is 23.6 Å². The molecule has 21 heavy (non-hydrogen) atoms. The van der Waals surface area contributed by atoms with Gasteiger partial charge in [0.25, 0.3) is 5.91 Å². The van der Waals surface area contributed by atoms with E-state index in [1.807, 2.05) is 16.7 Å². The van der Waals surface area contributed by atoms with Crippen LogP contribution in [-0.4, -0.2) is 63.7 Å². The van der Waals surface area contributed by atoms with Crippen molar-refractivity contribution in [2.45, 2.75) is 17.7 Å². The van der Waals surface area contributed by atoms with Crippen LogP contribution in [0.15, 0.2) is 18.3 Å². The van der Waals surface area contributed by atoms with Crippen LogP contribution in [-0.2, 0) is 4.74 Å². The highest BCUT2D eigenvalue weighted by molar-refractivity contribution is 8.00. The highest BCUT2D eigenvalue weighted by atomic mass is 32.2. The lowest BCUT2D eigenvalue weighted by Gasteiger charge is -2.43. The van der Waals surface area contributed by atoms with Gasteiger partial charge in [0, 0.05) is 36.4 Å². The highest BCUT2D eigenvalue weighted by Crippen LogP contribution is 2.31. The van der Waals surface area contributed by atoms with Gasteiger partial charge in [-0.2, -0.15) is 11.8 Å². The van der Waals surface area contributed by atoms with E-state index in [1.54, 1.807) is 0 Å². The average molecular weight is 308 g/mol. The van der Waals surface area contributed by atoms with Gasteiger partial charge >= 0.3 is 5.97 Å². The molecule has 7 heteroatoms. The van der Waals surface area contributed by atoms with Gasteiger partial charge in [0.05, 0.1) is 12.2 Å². The SMILES string of the molecule is O=C(O)c1ccc(C(=O)N2CCSC3COCCC32)cn1. The van der Waals surface area contributed by atoms with Crippen LogP contribution in [0.25, 0.3) is 0 Å². The van der Waals surface area contributed by atoms with E-state index in [4.69, 9.17) is 9.84 Å². The van der Waals surface area contributed by atoms with Crippen molar-refractivity contribution in [3.63, 3.8) is 0 Å². The molecule has 0 radical (unpaired) electrons. The second kappa shape index (κ2) is 6.03. The van der Waals surface area contributed by atoms with Crippen LogP contribution in [0.2, 0.25) is 0 Å². The van der Waals surface area contributed by atoms with Crippen LogP contribution in [0.1, 0.15) is 27.3 Å². The molecule has 1 N–H and O–H groups in total. The average Bonchev–Trinajstić information content (AvgIpc) is 2.53. The molecule has 2 aliphatic rings. The zero-order valence-electron chi connectivity index (χ0n) is 11.4. The number of nitrogens with zero attached hydrogens (tertiary/aromatic N) is 2. The van der Waals surface area contributed by atoms with Crippen molar-refractivity contribution in [2.24, 2.45) is 0 Å². The van der Waals surface area contributed by atoms with Crippen LogP contribution < -0.4 is 0 Å². The molecule has 0 spiro atoms. The Kier molecular flexibility index (Phi) is 4.12. The Bertz CT molecular complexity index is 546. The smallest absolute Gasteiger partial charge is 0.354 e. The molecule has 6 nitrogen and oxygen atoms in total.